The molecule has 782 valence electrons. The second-order valence-corrected chi connectivity index (χ2v) is 31.0. The molecule has 30 rings (SSSR count). The highest BCUT2D eigenvalue weighted by Gasteiger charge is 2.61. The van der Waals surface area contributed by atoms with Crippen molar-refractivity contribution in [3.8, 4) is 0 Å². The van der Waals surface area contributed by atoms with Crippen LogP contribution >= 0.6 is 0 Å². The van der Waals surface area contributed by atoms with Gasteiger partial charge in [-0.2, -0.15) is 0 Å². The summed E-state index contributed by atoms with van der Waals surface area (Å²) in [6.07, 6.45) is -96.6. The van der Waals surface area contributed by atoms with Gasteiger partial charge in [-0.05, 0) is 0 Å². The van der Waals surface area contributed by atoms with E-state index in [2.05, 4.69) is 59.5 Å². The Balaban J connectivity index is 1.10. The summed E-state index contributed by atoms with van der Waals surface area (Å²) < 4.78 is 147. The second-order valence-electron chi connectivity index (χ2n) is 31.0. The average Bonchev–Trinajstić information content (AvgIpc) is 0.768. The summed E-state index contributed by atoms with van der Waals surface area (Å²) in [5.74, 6) is -4.59. The average molecular weight is 2000 g/mol. The Labute approximate surface area is 780 Å². The molecule has 30 aliphatic rings. The fraction of sp³-hybridized carbons (Fsp3) is 0.744. The van der Waals surface area contributed by atoms with E-state index in [1.54, 1.807) is 0 Å². The standard InChI is InChI=1S/C78H115N5O55/c1-6-37(87)113-16-11-79-74(108)118-24-32-61-45(95)53(103)69(126-32)133-60-31(23-86)125-68(52(102)44(60)94)135-62-33(25-119-75(109)80-12-17-114-38(88)7-2)128-71(55(105)47(62)97)137-64-35(27-121-77(111)82-14-19-116-40(90)9-4)130-73(57(107)49(64)99)138-65-36(28-122-78(112)83-15-20-117-41(91)10-5)129-72(56(106)48(65)98)136-63-34(26-120-76(110)81-13-18-115-39(89)8-3)127-70(54(104)46(63)96)132-59-30(22-85)123-66(50(100)42(59)92)131-58-29(21-84)124-67(134-61)51(101)43(58)93/h6-10,29-36,42-73,84-86,92-107H,1-5,11-28H2,(H,79,108)(H,80,109)(H,81,110)(H,82,111)(H,83,112)/t29-,30-,31-,32-,33-,34-,35-,36-,42-,43-,44-,45-,46-,47-,48-,49-,50-,51-,52-,53-,54-,55-,56-,57-,58-,59-,60-,61-,62-,63-,64-,65-,66-,67-,68-,69-,70-,71-,72-,73-/m1/s1. The van der Waals surface area contributed by atoms with Crippen molar-refractivity contribution in [3.05, 3.63) is 63.3 Å². The summed E-state index contributed by atoms with van der Waals surface area (Å²) in [5, 5.41) is 237. The Kier molecular flexibility index (Phi) is 44.3. The summed E-state index contributed by atoms with van der Waals surface area (Å²) in [6.45, 7) is 1.96. The third-order valence-electron chi connectivity index (χ3n) is 21.8. The van der Waals surface area contributed by atoms with Crippen LogP contribution < -0.4 is 26.6 Å². The fourth-order valence-electron chi connectivity index (χ4n) is 14.7. The molecule has 60 heteroatoms. The molecule has 0 radical (unpaired) electrons. The fourth-order valence-corrected chi connectivity index (χ4v) is 14.7. The molecule has 30 aliphatic heterocycles. The zero-order chi connectivity index (χ0) is 101. The number of carbonyl (C=O) groups excluding carboxylic acids is 10. The summed E-state index contributed by atoms with van der Waals surface area (Å²) in [7, 11) is 0. The topological polar surface area (TPSA) is 855 Å². The summed E-state index contributed by atoms with van der Waals surface area (Å²) in [6, 6.07) is 0. The Morgan fingerprint density at radius 3 is 0.464 bits per heavy atom. The van der Waals surface area contributed by atoms with Gasteiger partial charge in [0.2, 0.25) is 0 Å². The van der Waals surface area contributed by atoms with Crippen molar-refractivity contribution in [2.45, 2.75) is 246 Å². The maximum atomic E-state index is 13.4. The molecular weight excluding hydrogens is 1890 g/mol. The van der Waals surface area contributed by atoms with E-state index in [9.17, 15) is 145 Å². The van der Waals surface area contributed by atoms with Gasteiger partial charge in [0.25, 0.3) is 0 Å². The van der Waals surface area contributed by atoms with Crippen LogP contribution in [0, 0.1) is 0 Å². The van der Waals surface area contributed by atoms with Crippen molar-refractivity contribution in [1.82, 2.24) is 26.6 Å². The van der Waals surface area contributed by atoms with Gasteiger partial charge < -0.3 is 247 Å². The van der Waals surface area contributed by atoms with E-state index in [0.29, 0.717) is 0 Å². The van der Waals surface area contributed by atoms with Crippen molar-refractivity contribution in [2.24, 2.45) is 0 Å². The molecule has 0 saturated carbocycles. The van der Waals surface area contributed by atoms with Gasteiger partial charge in [-0.3, -0.25) is 0 Å². The van der Waals surface area contributed by atoms with Gasteiger partial charge in [0.1, 0.15) is 261 Å². The highest BCUT2D eigenvalue weighted by atomic mass is 16.8. The molecule has 0 aliphatic carbocycles. The van der Waals surface area contributed by atoms with Crippen LogP contribution in [0.25, 0.3) is 0 Å². The Morgan fingerprint density at radius 1 is 0.203 bits per heavy atom. The molecule has 5 amide bonds. The van der Waals surface area contributed by atoms with Crippen LogP contribution in [0.3, 0.4) is 0 Å². The molecule has 138 heavy (non-hydrogen) atoms. The van der Waals surface area contributed by atoms with Crippen LogP contribution in [-0.2, 0) is 147 Å². The molecule has 0 aromatic carbocycles. The van der Waals surface area contributed by atoms with Gasteiger partial charge in [-0.15, -0.1) is 0 Å². The molecule has 30 saturated heterocycles. The van der Waals surface area contributed by atoms with Crippen LogP contribution in [0.15, 0.2) is 63.3 Å². The normalized spacial score (nSPS) is 38.7. The smallest absolute Gasteiger partial charge is 0.407 e. The Hall–Kier alpha value is -9.00. The van der Waals surface area contributed by atoms with Crippen molar-refractivity contribution < 1.29 is 268 Å². The van der Waals surface area contributed by atoms with Gasteiger partial charge >= 0.3 is 60.3 Å². The molecule has 60 nitrogen and oxygen atoms in total. The highest BCUT2D eigenvalue weighted by Crippen LogP contribution is 2.41. The minimum atomic E-state index is -2.61. The summed E-state index contributed by atoms with van der Waals surface area (Å²) in [4.78, 5) is 126. The van der Waals surface area contributed by atoms with Crippen LogP contribution in [0.1, 0.15) is 0 Å². The first-order valence-electron chi connectivity index (χ1n) is 42.5. The molecule has 0 unspecified atom stereocenters. The van der Waals surface area contributed by atoms with Crippen LogP contribution in [0.4, 0.5) is 24.0 Å². The minimum absolute atomic E-state index is 0.425. The molecule has 40 atom stereocenters. The van der Waals surface area contributed by atoms with E-state index in [-0.39, 0.29) is 0 Å². The molecule has 0 spiro atoms. The number of amides is 5. The number of nitrogens with one attached hydrogen (secondary N) is 5. The third kappa shape index (κ3) is 30.1. The maximum absolute atomic E-state index is 13.4. The van der Waals surface area contributed by atoms with Gasteiger partial charge in [0.05, 0.1) is 52.5 Å². The SMILES string of the molecule is C=CC(=O)OCCNC(=O)OC[C@H]1O[C@@H]2O[C@H]3[C@H](O)[C@@H](O)[C@@H](O[C@H]4[C@H](O)[C@@H](O)[C@@H](O[C@H]5[C@H](O)[C@@H](O)[C@@H](O[C@H]6[C@H](O)[C@@H](O)[C@@H](O[C@H]7[C@H](O)[C@@H](O)[C@@H](O[C@H]8[C@H](O)[C@@H](O)[C@@H](O[C@H]9[C@H](O)[C@@H](O)[C@@H](O[C@H]1[C@H](O)[C@H]2O)O[C@@H]9CO)O[C@@H]8CO)O[C@@H]7COC(=O)NCCOC(=O)C=C)O[C@@H]6COC(=O)NCCOC(=O)C=C)O[C@@H]5COC(=O)NCCOC(=O)C=C)O[C@@H]4COC(=O)NCCOC(=O)C=C)O[C@@H]3CO. The van der Waals surface area contributed by atoms with Crippen LogP contribution in [0.2, 0.25) is 0 Å². The van der Waals surface area contributed by atoms with E-state index >= 15 is 0 Å². The van der Waals surface area contributed by atoms with Crippen molar-refractivity contribution in [1.29, 1.82) is 0 Å². The molecule has 24 N–H and O–H groups in total. The number of carbonyl (C=O) groups is 10. The molecule has 0 aromatic heterocycles. The van der Waals surface area contributed by atoms with E-state index in [1.165, 1.54) is 0 Å². The number of hydrogen-bond acceptors (Lipinski definition) is 55. The van der Waals surface area contributed by atoms with Gasteiger partial charge in [0.15, 0.2) is 50.3 Å². The van der Waals surface area contributed by atoms with Crippen LogP contribution in [0.5, 0.6) is 0 Å². The number of hydrogen-bond donors (Lipinski definition) is 24. The first kappa shape index (κ1) is 113. The van der Waals surface area contributed by atoms with Gasteiger partial charge in [-0.25, -0.2) is 47.9 Å². The minimum Gasteiger partial charge on any atom is -0.461 e. The van der Waals surface area contributed by atoms with Crippen molar-refractivity contribution in [3.63, 3.8) is 0 Å². The predicted octanol–water partition coefficient (Wildman–Crippen LogP) is -15.1. The largest absolute Gasteiger partial charge is 0.461 e. The van der Waals surface area contributed by atoms with Gasteiger partial charge in [-0.1, -0.05) is 32.9 Å². The lowest BCUT2D eigenvalue weighted by atomic mass is 9.94. The highest BCUT2D eigenvalue weighted by molar-refractivity contribution is 5.83. The third-order valence-corrected chi connectivity index (χ3v) is 21.8. The summed E-state index contributed by atoms with van der Waals surface area (Å²) >= 11 is 0. The zero-order valence-electron chi connectivity index (χ0n) is 72.9. The second kappa shape index (κ2) is 54.3. The number of ether oxygens (including phenoxy) is 26. The van der Waals surface area contributed by atoms with E-state index in [4.69, 9.17) is 123 Å². The monoisotopic (exact) mass is 2000 g/mol. The maximum Gasteiger partial charge on any atom is 0.407 e. The first-order chi connectivity index (χ1) is 65.8. The molecule has 0 aromatic rings. The number of aliphatic hydroxyl groups is 19. The lowest BCUT2D eigenvalue weighted by Crippen LogP contribution is -2.69. The van der Waals surface area contributed by atoms with Crippen LogP contribution in [-0.4, -0.2) is 522 Å². The molecule has 30 fully saturated rings. The molecule has 30 heterocycles. The molecular formula is C78H115N5O55. The predicted molar refractivity (Wildman–Crippen MR) is 428 cm³/mol. The number of rotatable bonds is 33. The lowest BCUT2D eigenvalue weighted by molar-refractivity contribution is -0.403. The van der Waals surface area contributed by atoms with E-state index in [0.717, 1.165) is 30.4 Å². The number of esters is 5. The van der Waals surface area contributed by atoms with E-state index in [1.807, 2.05) is 0 Å². The zero-order valence-corrected chi connectivity index (χ0v) is 72.9. The van der Waals surface area contributed by atoms with Gasteiger partial charge in [0, 0.05) is 30.4 Å². The Morgan fingerprint density at radius 2 is 0.333 bits per heavy atom. The first-order valence-corrected chi connectivity index (χ1v) is 42.5. The van der Waals surface area contributed by atoms with E-state index < -0.39 is 425 Å². The van der Waals surface area contributed by atoms with Crippen molar-refractivity contribution >= 4 is 60.3 Å². The van der Waals surface area contributed by atoms with Crippen molar-refractivity contribution in [2.75, 3.05) is 119 Å². The molecule has 16 bridgehead atoms. The lowest BCUT2D eigenvalue weighted by Gasteiger charge is -2.50. The quantitative estimate of drug-likeness (QED) is 0.0126. The number of alkyl carbamates (subject to hydrolysis) is 5. The summed E-state index contributed by atoms with van der Waals surface area (Å²) in [5.41, 5.74) is 0. The number of aliphatic hydroxyl groups excluding tert-OH is 19. The Bertz CT molecular complexity index is 3930.